The molecule has 0 spiro atoms. The molecule has 0 aliphatic heterocycles. The van der Waals surface area contributed by atoms with Crippen LogP contribution in [0, 0.1) is 28.5 Å². The van der Waals surface area contributed by atoms with Crippen LogP contribution in [-0.4, -0.2) is 12.1 Å². The number of anilines is 1. The number of alkyl halides is 3. The van der Waals surface area contributed by atoms with Gasteiger partial charge >= 0.3 is 6.36 Å². The van der Waals surface area contributed by atoms with Crippen molar-refractivity contribution in [3.8, 4) is 17.9 Å². The van der Waals surface area contributed by atoms with Gasteiger partial charge in [-0.1, -0.05) is 6.07 Å². The largest absolute Gasteiger partial charge is 0.573 e. The van der Waals surface area contributed by atoms with E-state index < -0.39 is 29.3 Å². The van der Waals surface area contributed by atoms with E-state index in [1.807, 2.05) is 5.43 Å². The van der Waals surface area contributed by atoms with Crippen LogP contribution in [0.5, 0.6) is 5.75 Å². The molecule has 0 heterocycles. The molecule has 0 atom stereocenters. The average molecular weight is 272 g/mol. The highest BCUT2D eigenvalue weighted by molar-refractivity contribution is 6.10. The Labute approximate surface area is 104 Å². The Hall–Kier alpha value is -2.81. The van der Waals surface area contributed by atoms with Gasteiger partial charge in [-0.15, -0.1) is 13.2 Å². The molecule has 19 heavy (non-hydrogen) atoms. The van der Waals surface area contributed by atoms with Gasteiger partial charge in [0.2, 0.25) is 5.71 Å². The van der Waals surface area contributed by atoms with Crippen LogP contribution in [0.4, 0.5) is 23.2 Å². The second kappa shape index (κ2) is 5.69. The fourth-order valence-corrected chi connectivity index (χ4v) is 0.992. The number of rotatable bonds is 3. The first kappa shape index (κ1) is 14.3. The highest BCUT2D eigenvalue weighted by Gasteiger charge is 2.32. The summed E-state index contributed by atoms with van der Waals surface area (Å²) in [6, 6.07) is 5.69. The average Bonchev–Trinajstić information content (AvgIpc) is 2.33. The van der Waals surface area contributed by atoms with Gasteiger partial charge in [0.1, 0.15) is 12.1 Å². The van der Waals surface area contributed by atoms with Crippen molar-refractivity contribution in [3.05, 3.63) is 24.0 Å². The summed E-state index contributed by atoms with van der Waals surface area (Å²) >= 11 is 0. The molecule has 1 aromatic carbocycles. The van der Waals surface area contributed by atoms with E-state index in [-0.39, 0.29) is 0 Å². The van der Waals surface area contributed by atoms with Crippen LogP contribution in [0.25, 0.3) is 0 Å². The van der Waals surface area contributed by atoms with E-state index in [0.29, 0.717) is 0 Å². The van der Waals surface area contributed by atoms with Gasteiger partial charge in [0, 0.05) is 0 Å². The molecule has 0 amide bonds. The lowest BCUT2D eigenvalue weighted by atomic mass is 10.3. The Morgan fingerprint density at radius 2 is 1.89 bits per heavy atom. The van der Waals surface area contributed by atoms with Gasteiger partial charge in [0.15, 0.2) is 11.6 Å². The summed E-state index contributed by atoms with van der Waals surface area (Å²) in [4.78, 5) is 0. The third kappa shape index (κ3) is 4.16. The van der Waals surface area contributed by atoms with Gasteiger partial charge in [-0.05, 0) is 12.1 Å². The van der Waals surface area contributed by atoms with Crippen molar-refractivity contribution in [3.63, 3.8) is 0 Å². The number of hydrogen-bond donors (Lipinski definition) is 1. The first-order valence-corrected chi connectivity index (χ1v) is 4.55. The zero-order valence-corrected chi connectivity index (χ0v) is 8.99. The quantitative estimate of drug-likeness (QED) is 0.520. The maximum atomic E-state index is 13.5. The molecule has 0 aromatic heterocycles. The molecule has 98 valence electrons. The summed E-state index contributed by atoms with van der Waals surface area (Å²) in [5.74, 6) is -2.40. The Morgan fingerprint density at radius 1 is 1.26 bits per heavy atom. The minimum absolute atomic E-state index is 0.468. The van der Waals surface area contributed by atoms with Crippen LogP contribution in [0.15, 0.2) is 23.3 Å². The summed E-state index contributed by atoms with van der Waals surface area (Å²) in [5, 5.41) is 19.9. The van der Waals surface area contributed by atoms with Gasteiger partial charge in [0.25, 0.3) is 0 Å². The molecule has 0 saturated heterocycles. The standard InChI is InChI=1S/C10H4F4N4O/c11-9-7(18-17-6(4-15)5-16)2-1-3-8(9)19-10(12,13)14/h1-3,18H. The van der Waals surface area contributed by atoms with E-state index in [2.05, 4.69) is 9.84 Å². The first-order chi connectivity index (χ1) is 8.87. The third-order valence-electron chi connectivity index (χ3n) is 1.69. The lowest BCUT2D eigenvalue weighted by Gasteiger charge is -2.11. The Bertz CT molecular complexity index is 567. The molecule has 0 radical (unpaired) electrons. The van der Waals surface area contributed by atoms with Gasteiger partial charge in [-0.2, -0.15) is 15.6 Å². The van der Waals surface area contributed by atoms with Crippen molar-refractivity contribution in [2.45, 2.75) is 6.36 Å². The summed E-state index contributed by atoms with van der Waals surface area (Å²) in [7, 11) is 0. The number of ether oxygens (including phenoxy) is 1. The first-order valence-electron chi connectivity index (χ1n) is 4.55. The fourth-order valence-electron chi connectivity index (χ4n) is 0.992. The molecule has 0 saturated carbocycles. The molecule has 5 nitrogen and oxygen atoms in total. The number of halogens is 4. The molecule has 1 N–H and O–H groups in total. The van der Waals surface area contributed by atoms with Crippen LogP contribution in [0.3, 0.4) is 0 Å². The van der Waals surface area contributed by atoms with Crippen molar-refractivity contribution in [2.75, 3.05) is 5.43 Å². The fraction of sp³-hybridized carbons (Fsp3) is 0.100. The van der Waals surface area contributed by atoms with E-state index >= 15 is 0 Å². The second-order valence-corrected chi connectivity index (χ2v) is 2.96. The molecular formula is C10H4F4N4O. The van der Waals surface area contributed by atoms with Crippen LogP contribution < -0.4 is 10.2 Å². The molecular weight excluding hydrogens is 268 g/mol. The number of nitriles is 2. The van der Waals surface area contributed by atoms with Crippen LogP contribution >= 0.6 is 0 Å². The van der Waals surface area contributed by atoms with E-state index in [1.54, 1.807) is 0 Å². The lowest BCUT2D eigenvalue weighted by Crippen LogP contribution is -2.18. The second-order valence-electron chi connectivity index (χ2n) is 2.96. The summed E-state index contributed by atoms with van der Waals surface area (Å²) in [6.07, 6.45) is -5.03. The molecule has 0 fully saturated rings. The predicted molar refractivity (Wildman–Crippen MR) is 55.4 cm³/mol. The summed E-state index contributed by atoms with van der Waals surface area (Å²) in [5.41, 5.74) is 0.884. The molecule has 9 heteroatoms. The zero-order chi connectivity index (χ0) is 14.5. The third-order valence-corrected chi connectivity index (χ3v) is 1.69. The normalized spacial score (nSPS) is 10.0. The molecule has 0 unspecified atom stereocenters. The minimum atomic E-state index is -5.03. The van der Waals surface area contributed by atoms with Gasteiger partial charge in [-0.25, -0.2) is 4.39 Å². The number of benzene rings is 1. The van der Waals surface area contributed by atoms with Crippen molar-refractivity contribution in [1.82, 2.24) is 0 Å². The Kier molecular flexibility index (Phi) is 4.27. The zero-order valence-electron chi connectivity index (χ0n) is 8.99. The molecule has 1 rings (SSSR count). The summed E-state index contributed by atoms with van der Waals surface area (Å²) < 4.78 is 52.8. The number of nitrogens with zero attached hydrogens (tertiary/aromatic N) is 3. The number of hydrogen-bond acceptors (Lipinski definition) is 5. The highest BCUT2D eigenvalue weighted by atomic mass is 19.4. The van der Waals surface area contributed by atoms with Crippen molar-refractivity contribution >= 4 is 11.4 Å². The van der Waals surface area contributed by atoms with Crippen molar-refractivity contribution < 1.29 is 22.3 Å². The smallest absolute Gasteiger partial charge is 0.403 e. The topological polar surface area (TPSA) is 81.2 Å². The van der Waals surface area contributed by atoms with Gasteiger partial charge in [-0.3, -0.25) is 5.43 Å². The van der Waals surface area contributed by atoms with E-state index in [4.69, 9.17) is 10.5 Å². The van der Waals surface area contributed by atoms with E-state index in [1.165, 1.54) is 12.1 Å². The minimum Gasteiger partial charge on any atom is -0.403 e. The van der Waals surface area contributed by atoms with Crippen LogP contribution in [0.2, 0.25) is 0 Å². The molecule has 0 aliphatic rings. The van der Waals surface area contributed by atoms with E-state index in [9.17, 15) is 17.6 Å². The molecule has 0 bridgehead atoms. The maximum absolute atomic E-state index is 13.5. The lowest BCUT2D eigenvalue weighted by molar-refractivity contribution is -0.275. The van der Waals surface area contributed by atoms with Gasteiger partial charge < -0.3 is 4.74 Å². The van der Waals surface area contributed by atoms with Gasteiger partial charge in [0.05, 0.1) is 5.69 Å². The van der Waals surface area contributed by atoms with Crippen LogP contribution in [0.1, 0.15) is 0 Å². The number of nitrogens with one attached hydrogen (secondary N) is 1. The van der Waals surface area contributed by atoms with Crippen LogP contribution in [-0.2, 0) is 0 Å². The molecule has 1 aromatic rings. The highest BCUT2D eigenvalue weighted by Crippen LogP contribution is 2.29. The van der Waals surface area contributed by atoms with Crippen molar-refractivity contribution in [1.29, 1.82) is 10.5 Å². The predicted octanol–water partition coefficient (Wildman–Crippen LogP) is 2.54. The molecule has 0 aliphatic carbocycles. The van der Waals surface area contributed by atoms with E-state index in [0.717, 1.165) is 18.2 Å². The summed E-state index contributed by atoms with van der Waals surface area (Å²) in [6.45, 7) is 0. The number of hydrazone groups is 1. The van der Waals surface area contributed by atoms with Crippen molar-refractivity contribution in [2.24, 2.45) is 5.10 Å². The Balaban J connectivity index is 3.00. The Morgan fingerprint density at radius 3 is 2.42 bits per heavy atom. The SMILES string of the molecule is N#CC(C#N)=NNc1cccc(OC(F)(F)F)c1F. The monoisotopic (exact) mass is 272 g/mol. The maximum Gasteiger partial charge on any atom is 0.573 e.